The van der Waals surface area contributed by atoms with Crippen LogP contribution in [0.15, 0.2) is 24.3 Å². The summed E-state index contributed by atoms with van der Waals surface area (Å²) in [4.78, 5) is 2.54. The molecule has 0 radical (unpaired) electrons. The third-order valence-corrected chi connectivity index (χ3v) is 4.33. The van der Waals surface area contributed by atoms with Crippen LogP contribution in [0.5, 0.6) is 5.75 Å². The van der Waals surface area contributed by atoms with Crippen LogP contribution in [0, 0.1) is 6.92 Å². The van der Waals surface area contributed by atoms with E-state index < -0.39 is 0 Å². The van der Waals surface area contributed by atoms with Crippen molar-refractivity contribution in [1.29, 1.82) is 0 Å². The van der Waals surface area contributed by atoms with Gasteiger partial charge in [-0.15, -0.1) is 0 Å². The second kappa shape index (κ2) is 7.65. The molecule has 1 fully saturated rings. The van der Waals surface area contributed by atoms with Crippen LogP contribution in [-0.4, -0.2) is 36.7 Å². The Morgan fingerprint density at radius 1 is 1.15 bits per heavy atom. The minimum atomic E-state index is 0.425. The minimum Gasteiger partial charge on any atom is -0.492 e. The lowest BCUT2D eigenvalue weighted by Gasteiger charge is -2.35. The van der Waals surface area contributed by atoms with Gasteiger partial charge in [-0.3, -0.25) is 4.90 Å². The summed E-state index contributed by atoms with van der Waals surface area (Å²) in [6.07, 6.45) is 4.80. The molecule has 0 atom stereocenters. The van der Waals surface area contributed by atoms with Gasteiger partial charge in [0.2, 0.25) is 0 Å². The Kier molecular flexibility index (Phi) is 5.86. The van der Waals surface area contributed by atoms with E-state index in [1.54, 1.807) is 0 Å². The highest BCUT2D eigenvalue weighted by atomic mass is 16.5. The van der Waals surface area contributed by atoms with Gasteiger partial charge in [0.1, 0.15) is 12.4 Å². The lowest BCUT2D eigenvalue weighted by atomic mass is 9.91. The summed E-state index contributed by atoms with van der Waals surface area (Å²) < 4.78 is 5.84. The molecule has 2 rings (SSSR count). The van der Waals surface area contributed by atoms with Crippen molar-refractivity contribution in [1.82, 2.24) is 4.90 Å². The zero-order valence-corrected chi connectivity index (χ0v) is 12.8. The number of hydrogen-bond donors (Lipinski definition) is 1. The summed E-state index contributed by atoms with van der Waals surface area (Å²) in [5, 5.41) is 0. The van der Waals surface area contributed by atoms with Crippen LogP contribution in [0.4, 0.5) is 0 Å². The molecule has 0 aliphatic heterocycles. The summed E-state index contributed by atoms with van der Waals surface area (Å²) >= 11 is 0. The average Bonchev–Trinajstić information content (AvgIpc) is 2.47. The second-order valence-corrected chi connectivity index (χ2v) is 5.86. The van der Waals surface area contributed by atoms with Crippen molar-refractivity contribution in [3.8, 4) is 5.75 Å². The number of likely N-dealkylation sites (N-methyl/N-ethyl adjacent to an activating group) is 1. The van der Waals surface area contributed by atoms with Crippen molar-refractivity contribution in [3.05, 3.63) is 29.8 Å². The van der Waals surface area contributed by atoms with E-state index >= 15 is 0 Å². The zero-order chi connectivity index (χ0) is 14.4. The molecule has 0 amide bonds. The van der Waals surface area contributed by atoms with E-state index in [1.807, 2.05) is 12.1 Å². The third kappa shape index (κ3) is 4.50. The fraction of sp³-hybridized carbons (Fsp3) is 0.647. The molecule has 1 aliphatic rings. The maximum Gasteiger partial charge on any atom is 0.119 e. The van der Waals surface area contributed by atoms with Crippen LogP contribution in [0.1, 0.15) is 38.2 Å². The van der Waals surface area contributed by atoms with Crippen LogP contribution in [0.25, 0.3) is 0 Å². The van der Waals surface area contributed by atoms with Crippen LogP contribution in [-0.2, 0) is 0 Å². The average molecular weight is 276 g/mol. The molecule has 112 valence electrons. The van der Waals surface area contributed by atoms with Crippen LogP contribution < -0.4 is 10.5 Å². The van der Waals surface area contributed by atoms with Crippen LogP contribution in [0.3, 0.4) is 0 Å². The first-order valence-corrected chi connectivity index (χ1v) is 7.88. The highest BCUT2D eigenvalue weighted by molar-refractivity contribution is 5.26. The van der Waals surface area contributed by atoms with Gasteiger partial charge in [-0.1, -0.05) is 24.6 Å². The van der Waals surface area contributed by atoms with Crippen LogP contribution >= 0.6 is 0 Å². The molecule has 1 aromatic rings. The van der Waals surface area contributed by atoms with E-state index in [0.717, 1.165) is 25.4 Å². The van der Waals surface area contributed by atoms with E-state index in [2.05, 4.69) is 30.9 Å². The smallest absolute Gasteiger partial charge is 0.119 e. The molecule has 3 heteroatoms. The topological polar surface area (TPSA) is 38.5 Å². The van der Waals surface area contributed by atoms with Crippen molar-refractivity contribution in [2.24, 2.45) is 5.73 Å². The number of hydrogen-bond acceptors (Lipinski definition) is 3. The summed E-state index contributed by atoms with van der Waals surface area (Å²) in [6.45, 7) is 7.19. The molecular weight excluding hydrogens is 248 g/mol. The van der Waals surface area contributed by atoms with Crippen molar-refractivity contribution >= 4 is 0 Å². The van der Waals surface area contributed by atoms with E-state index in [0.29, 0.717) is 12.1 Å². The zero-order valence-electron chi connectivity index (χ0n) is 12.8. The van der Waals surface area contributed by atoms with Gasteiger partial charge < -0.3 is 10.5 Å². The molecule has 0 bridgehead atoms. The van der Waals surface area contributed by atoms with Crippen molar-refractivity contribution in [2.75, 3.05) is 19.7 Å². The Bertz CT molecular complexity index is 382. The molecule has 0 saturated heterocycles. The molecule has 1 aromatic carbocycles. The second-order valence-electron chi connectivity index (χ2n) is 5.86. The minimum absolute atomic E-state index is 0.425. The summed E-state index contributed by atoms with van der Waals surface area (Å²) in [7, 11) is 0. The molecule has 0 aromatic heterocycles. The predicted molar refractivity (Wildman–Crippen MR) is 84.2 cm³/mol. The van der Waals surface area contributed by atoms with Gasteiger partial charge in [-0.2, -0.15) is 0 Å². The Morgan fingerprint density at radius 3 is 2.40 bits per heavy atom. The van der Waals surface area contributed by atoms with Gasteiger partial charge >= 0.3 is 0 Å². The first kappa shape index (κ1) is 15.3. The normalized spacial score (nSPS) is 23.0. The Labute approximate surface area is 123 Å². The lowest BCUT2D eigenvalue weighted by Crippen LogP contribution is -2.42. The molecule has 20 heavy (non-hydrogen) atoms. The lowest BCUT2D eigenvalue weighted by molar-refractivity contribution is 0.132. The molecule has 0 spiro atoms. The van der Waals surface area contributed by atoms with Crippen LogP contribution in [0.2, 0.25) is 0 Å². The van der Waals surface area contributed by atoms with Gasteiger partial charge in [0, 0.05) is 18.6 Å². The van der Waals surface area contributed by atoms with Gasteiger partial charge in [-0.05, 0) is 51.3 Å². The van der Waals surface area contributed by atoms with Crippen molar-refractivity contribution < 1.29 is 4.74 Å². The monoisotopic (exact) mass is 276 g/mol. The van der Waals surface area contributed by atoms with Gasteiger partial charge in [0.15, 0.2) is 0 Å². The van der Waals surface area contributed by atoms with Gasteiger partial charge in [-0.25, -0.2) is 0 Å². The standard InChI is InChI=1S/C17H28N2O/c1-3-19(16-8-6-15(18)7-9-16)12-13-20-17-10-4-14(2)5-11-17/h4-5,10-11,15-16H,3,6-9,12-13,18H2,1-2H3. The Balaban J connectivity index is 1.74. The first-order valence-electron chi connectivity index (χ1n) is 7.88. The Morgan fingerprint density at radius 2 is 1.80 bits per heavy atom. The summed E-state index contributed by atoms with van der Waals surface area (Å²) in [5.74, 6) is 0.970. The van der Waals surface area contributed by atoms with E-state index in [4.69, 9.17) is 10.5 Å². The maximum absolute atomic E-state index is 5.98. The van der Waals surface area contributed by atoms with Crippen molar-refractivity contribution in [3.63, 3.8) is 0 Å². The molecule has 0 unspecified atom stereocenters. The third-order valence-electron chi connectivity index (χ3n) is 4.33. The molecule has 1 aliphatic carbocycles. The summed E-state index contributed by atoms with van der Waals surface area (Å²) in [5.41, 5.74) is 7.25. The number of rotatable bonds is 6. The highest BCUT2D eigenvalue weighted by Crippen LogP contribution is 2.22. The SMILES string of the molecule is CCN(CCOc1ccc(C)cc1)C1CCC(N)CC1. The maximum atomic E-state index is 5.98. The Hall–Kier alpha value is -1.06. The highest BCUT2D eigenvalue weighted by Gasteiger charge is 2.22. The number of aryl methyl sites for hydroxylation is 1. The summed E-state index contributed by atoms with van der Waals surface area (Å²) in [6, 6.07) is 9.40. The number of nitrogens with two attached hydrogens (primary N) is 1. The fourth-order valence-corrected chi connectivity index (χ4v) is 2.98. The van der Waals surface area contributed by atoms with E-state index in [1.165, 1.54) is 31.2 Å². The van der Waals surface area contributed by atoms with Crippen molar-refractivity contribution in [2.45, 2.75) is 51.6 Å². The fourth-order valence-electron chi connectivity index (χ4n) is 2.98. The first-order chi connectivity index (χ1) is 9.69. The van der Waals surface area contributed by atoms with Gasteiger partial charge in [0.05, 0.1) is 0 Å². The molecule has 2 N–H and O–H groups in total. The molecule has 0 heterocycles. The quantitative estimate of drug-likeness (QED) is 0.868. The number of benzene rings is 1. The van der Waals surface area contributed by atoms with E-state index in [-0.39, 0.29) is 0 Å². The van der Waals surface area contributed by atoms with E-state index in [9.17, 15) is 0 Å². The number of ether oxygens (including phenoxy) is 1. The number of nitrogens with zero attached hydrogens (tertiary/aromatic N) is 1. The molecule has 1 saturated carbocycles. The predicted octanol–water partition coefficient (Wildman–Crippen LogP) is 2.97. The van der Waals surface area contributed by atoms with Gasteiger partial charge in [0.25, 0.3) is 0 Å². The molecule has 3 nitrogen and oxygen atoms in total. The molecular formula is C17H28N2O. The largest absolute Gasteiger partial charge is 0.492 e.